The molecular formula is C11H15BrO3S. The zero-order valence-corrected chi connectivity index (χ0v) is 11.9. The first-order valence-electron chi connectivity index (χ1n) is 4.79. The number of hydrogen-bond donors (Lipinski definition) is 1. The summed E-state index contributed by atoms with van der Waals surface area (Å²) in [6.07, 6.45) is 1.17. The van der Waals surface area contributed by atoms with Crippen LogP contribution in [0.25, 0.3) is 0 Å². The smallest absolute Gasteiger partial charge is 0.176 e. The largest absolute Gasteiger partial charge is 0.395 e. The Bertz CT molecular complexity index is 492. The van der Waals surface area contributed by atoms with Gasteiger partial charge in [-0.25, -0.2) is 8.42 Å². The Hall–Kier alpha value is -0.390. The van der Waals surface area contributed by atoms with Gasteiger partial charge in [0.05, 0.1) is 11.5 Å². The number of halogens is 1. The summed E-state index contributed by atoms with van der Waals surface area (Å²) in [6, 6.07) is 5.04. The van der Waals surface area contributed by atoms with Crippen LogP contribution < -0.4 is 0 Å². The van der Waals surface area contributed by atoms with Gasteiger partial charge in [0.2, 0.25) is 0 Å². The van der Waals surface area contributed by atoms with Gasteiger partial charge in [-0.1, -0.05) is 19.9 Å². The van der Waals surface area contributed by atoms with Crippen molar-refractivity contribution in [2.24, 2.45) is 0 Å². The van der Waals surface area contributed by atoms with Crippen molar-refractivity contribution >= 4 is 25.8 Å². The van der Waals surface area contributed by atoms with Crippen LogP contribution in [0.1, 0.15) is 19.4 Å². The number of rotatable bonds is 3. The fraction of sp³-hybridized carbons (Fsp3) is 0.455. The van der Waals surface area contributed by atoms with E-state index in [2.05, 4.69) is 15.9 Å². The summed E-state index contributed by atoms with van der Waals surface area (Å²) in [5.74, 6) is 0. The summed E-state index contributed by atoms with van der Waals surface area (Å²) in [7, 11) is -3.21. The van der Waals surface area contributed by atoms with E-state index in [0.717, 1.165) is 5.56 Å². The van der Waals surface area contributed by atoms with Crippen LogP contribution in [0.2, 0.25) is 0 Å². The van der Waals surface area contributed by atoms with Gasteiger partial charge in [0.15, 0.2) is 9.84 Å². The van der Waals surface area contributed by atoms with E-state index in [1.165, 1.54) is 6.26 Å². The summed E-state index contributed by atoms with van der Waals surface area (Å²) < 4.78 is 23.3. The summed E-state index contributed by atoms with van der Waals surface area (Å²) in [6.45, 7) is 3.81. The van der Waals surface area contributed by atoms with E-state index in [1.807, 2.05) is 13.8 Å². The molecule has 0 saturated carbocycles. The second-order valence-corrected chi connectivity index (χ2v) is 7.30. The van der Waals surface area contributed by atoms with Gasteiger partial charge in [0, 0.05) is 16.1 Å². The van der Waals surface area contributed by atoms with E-state index in [4.69, 9.17) is 0 Å². The third-order valence-electron chi connectivity index (χ3n) is 2.51. The molecule has 1 aromatic rings. The van der Waals surface area contributed by atoms with Crippen molar-refractivity contribution in [1.82, 2.24) is 0 Å². The lowest BCUT2D eigenvalue weighted by Gasteiger charge is -2.22. The second kappa shape index (κ2) is 4.47. The molecule has 0 saturated heterocycles. The Morgan fingerprint density at radius 1 is 1.38 bits per heavy atom. The van der Waals surface area contributed by atoms with Crippen molar-refractivity contribution in [1.29, 1.82) is 0 Å². The van der Waals surface area contributed by atoms with Crippen molar-refractivity contribution in [2.75, 3.05) is 12.9 Å². The molecule has 0 heterocycles. The molecule has 90 valence electrons. The summed E-state index contributed by atoms with van der Waals surface area (Å²) >= 11 is 3.24. The number of aliphatic hydroxyl groups excluding tert-OH is 1. The van der Waals surface area contributed by atoms with Crippen molar-refractivity contribution in [2.45, 2.75) is 24.2 Å². The van der Waals surface area contributed by atoms with Crippen LogP contribution in [0.3, 0.4) is 0 Å². The third kappa shape index (κ3) is 2.84. The minimum atomic E-state index is -3.21. The van der Waals surface area contributed by atoms with Crippen LogP contribution in [0.5, 0.6) is 0 Å². The van der Waals surface area contributed by atoms with E-state index < -0.39 is 9.84 Å². The number of hydrogen-bond acceptors (Lipinski definition) is 3. The van der Waals surface area contributed by atoms with Crippen molar-refractivity contribution in [3.63, 3.8) is 0 Å². The van der Waals surface area contributed by atoms with Gasteiger partial charge < -0.3 is 5.11 Å². The Kier molecular flexibility index (Phi) is 3.82. The summed E-state index contributed by atoms with van der Waals surface area (Å²) in [4.78, 5) is 0.269. The lowest BCUT2D eigenvalue weighted by molar-refractivity contribution is 0.218. The molecule has 3 nitrogen and oxygen atoms in total. The van der Waals surface area contributed by atoms with Crippen LogP contribution in [-0.4, -0.2) is 26.4 Å². The Balaban J connectivity index is 3.30. The van der Waals surface area contributed by atoms with Crippen molar-refractivity contribution in [3.8, 4) is 0 Å². The highest BCUT2D eigenvalue weighted by Gasteiger charge is 2.21. The van der Waals surface area contributed by atoms with Gasteiger partial charge in [-0.15, -0.1) is 0 Å². The fourth-order valence-electron chi connectivity index (χ4n) is 1.31. The molecule has 0 aliphatic carbocycles. The molecule has 0 aliphatic rings. The molecule has 1 N–H and O–H groups in total. The average Bonchev–Trinajstić information content (AvgIpc) is 2.15. The molecule has 0 radical (unpaired) electrons. The third-order valence-corrected chi connectivity index (χ3v) is 4.58. The lowest BCUT2D eigenvalue weighted by Crippen LogP contribution is -2.22. The van der Waals surface area contributed by atoms with Crippen LogP contribution in [0, 0.1) is 0 Å². The number of aliphatic hydroxyl groups is 1. The highest BCUT2D eigenvalue weighted by Crippen LogP contribution is 2.29. The van der Waals surface area contributed by atoms with Gasteiger partial charge in [-0.3, -0.25) is 0 Å². The zero-order chi connectivity index (χ0) is 12.6. The maximum absolute atomic E-state index is 11.4. The van der Waals surface area contributed by atoms with Crippen molar-refractivity contribution < 1.29 is 13.5 Å². The maximum Gasteiger partial charge on any atom is 0.176 e. The first-order valence-corrected chi connectivity index (χ1v) is 7.48. The minimum Gasteiger partial charge on any atom is -0.395 e. The molecule has 0 bridgehead atoms. The first kappa shape index (κ1) is 13.7. The SMILES string of the molecule is CC(C)(CO)c1ccc(S(C)(=O)=O)c(Br)c1. The van der Waals surface area contributed by atoms with Crippen LogP contribution >= 0.6 is 15.9 Å². The van der Waals surface area contributed by atoms with Gasteiger partial charge in [-0.2, -0.15) is 0 Å². The molecule has 0 unspecified atom stereocenters. The van der Waals surface area contributed by atoms with Crippen molar-refractivity contribution in [3.05, 3.63) is 28.2 Å². The van der Waals surface area contributed by atoms with Crippen LogP contribution in [0.15, 0.2) is 27.6 Å². The van der Waals surface area contributed by atoms with Gasteiger partial charge in [0.1, 0.15) is 0 Å². The van der Waals surface area contributed by atoms with Gasteiger partial charge in [-0.05, 0) is 33.6 Å². The van der Waals surface area contributed by atoms with E-state index in [0.29, 0.717) is 4.47 Å². The van der Waals surface area contributed by atoms with Gasteiger partial charge in [0.25, 0.3) is 0 Å². The highest BCUT2D eigenvalue weighted by molar-refractivity contribution is 9.10. The molecule has 16 heavy (non-hydrogen) atoms. The molecule has 0 aromatic heterocycles. The Morgan fingerprint density at radius 3 is 2.31 bits per heavy atom. The number of benzene rings is 1. The molecule has 0 amide bonds. The Morgan fingerprint density at radius 2 is 1.94 bits per heavy atom. The molecule has 0 fully saturated rings. The molecule has 0 atom stereocenters. The Labute approximate surface area is 105 Å². The second-order valence-electron chi connectivity index (χ2n) is 4.46. The van der Waals surface area contributed by atoms with E-state index >= 15 is 0 Å². The van der Waals surface area contributed by atoms with E-state index in [1.54, 1.807) is 18.2 Å². The maximum atomic E-state index is 11.4. The summed E-state index contributed by atoms with van der Waals surface area (Å²) in [5.41, 5.74) is 0.521. The topological polar surface area (TPSA) is 54.4 Å². The fourth-order valence-corrected chi connectivity index (χ4v) is 3.30. The first-order chi connectivity index (χ1) is 7.18. The van der Waals surface area contributed by atoms with Crippen LogP contribution in [0.4, 0.5) is 0 Å². The van der Waals surface area contributed by atoms with E-state index in [9.17, 15) is 13.5 Å². The molecule has 1 aromatic carbocycles. The minimum absolute atomic E-state index is 0.0116. The molecule has 5 heteroatoms. The standard InChI is InChI=1S/C11H15BrO3S/c1-11(2,7-13)8-4-5-10(9(12)6-8)16(3,14)15/h4-6,13H,7H2,1-3H3. The molecule has 0 aliphatic heterocycles. The summed E-state index contributed by atoms with van der Waals surface area (Å²) in [5, 5.41) is 9.23. The quantitative estimate of drug-likeness (QED) is 0.930. The predicted octanol–water partition coefficient (Wildman–Crippen LogP) is 2.12. The molecule has 1 rings (SSSR count). The molecule has 0 spiro atoms. The average molecular weight is 307 g/mol. The van der Waals surface area contributed by atoms with E-state index in [-0.39, 0.29) is 16.9 Å². The number of sulfone groups is 1. The molecular weight excluding hydrogens is 292 g/mol. The monoisotopic (exact) mass is 306 g/mol. The predicted molar refractivity (Wildman–Crippen MR) is 67.4 cm³/mol. The lowest BCUT2D eigenvalue weighted by atomic mass is 9.86. The van der Waals surface area contributed by atoms with Crippen LogP contribution in [-0.2, 0) is 15.3 Å². The zero-order valence-electron chi connectivity index (χ0n) is 9.49. The highest BCUT2D eigenvalue weighted by atomic mass is 79.9. The van der Waals surface area contributed by atoms with Gasteiger partial charge >= 0.3 is 0 Å². The normalized spacial score (nSPS) is 12.8.